The van der Waals surface area contributed by atoms with Crippen LogP contribution in [0.25, 0.3) is 5.69 Å². The Hall–Kier alpha value is -2.73. The van der Waals surface area contributed by atoms with E-state index in [4.69, 9.17) is 11.6 Å². The molecule has 0 radical (unpaired) electrons. The number of tetrazole rings is 1. The summed E-state index contributed by atoms with van der Waals surface area (Å²) in [5, 5.41) is 14.4. The van der Waals surface area contributed by atoms with Gasteiger partial charge in [-0.2, -0.15) is 0 Å². The Morgan fingerprint density at radius 1 is 1.09 bits per heavy atom. The van der Waals surface area contributed by atoms with Crippen molar-refractivity contribution in [3.8, 4) is 5.69 Å². The van der Waals surface area contributed by atoms with Crippen LogP contribution < -0.4 is 5.32 Å². The average Bonchev–Trinajstić information content (AvgIpc) is 3.05. The lowest BCUT2D eigenvalue weighted by molar-refractivity contribution is -0.115. The Morgan fingerprint density at radius 3 is 2.45 bits per heavy atom. The summed E-state index contributed by atoms with van der Waals surface area (Å²) in [4.78, 5) is 12.0. The van der Waals surface area contributed by atoms with Crippen LogP contribution in [0.4, 0.5) is 5.69 Å². The third-order valence-corrected chi connectivity index (χ3v) is 3.29. The highest BCUT2D eigenvalue weighted by Crippen LogP contribution is 2.14. The summed E-state index contributed by atoms with van der Waals surface area (Å²) in [6.07, 6.45) is 1.81. The molecule has 0 aliphatic carbocycles. The number of nitrogens with zero attached hydrogens (tertiary/aromatic N) is 4. The van der Waals surface area contributed by atoms with Crippen LogP contribution in [0, 0.1) is 0 Å². The third-order valence-electron chi connectivity index (χ3n) is 3.04. The normalized spacial score (nSPS) is 10.4. The predicted molar refractivity (Wildman–Crippen MR) is 82.9 cm³/mol. The highest BCUT2D eigenvalue weighted by atomic mass is 35.5. The van der Waals surface area contributed by atoms with Crippen molar-refractivity contribution in [3.63, 3.8) is 0 Å². The largest absolute Gasteiger partial charge is 0.326 e. The second-order valence-corrected chi connectivity index (χ2v) is 5.09. The monoisotopic (exact) mass is 313 g/mol. The van der Waals surface area contributed by atoms with Crippen LogP contribution in [0.1, 0.15) is 5.56 Å². The van der Waals surface area contributed by atoms with Crippen molar-refractivity contribution in [1.29, 1.82) is 0 Å². The van der Waals surface area contributed by atoms with Gasteiger partial charge in [0.15, 0.2) is 0 Å². The lowest BCUT2D eigenvalue weighted by Crippen LogP contribution is -2.14. The van der Waals surface area contributed by atoms with Gasteiger partial charge in [0.1, 0.15) is 6.33 Å². The number of rotatable bonds is 4. The van der Waals surface area contributed by atoms with E-state index < -0.39 is 0 Å². The molecule has 3 rings (SSSR count). The van der Waals surface area contributed by atoms with Crippen molar-refractivity contribution in [3.05, 3.63) is 65.4 Å². The summed E-state index contributed by atoms with van der Waals surface area (Å²) in [5.74, 6) is -0.0857. The van der Waals surface area contributed by atoms with Crippen LogP contribution in [-0.4, -0.2) is 26.1 Å². The quantitative estimate of drug-likeness (QED) is 0.803. The molecular weight excluding hydrogens is 302 g/mol. The number of carbonyl (C=O) groups excluding carboxylic acids is 1. The molecule has 6 nitrogen and oxygen atoms in total. The van der Waals surface area contributed by atoms with Gasteiger partial charge >= 0.3 is 0 Å². The van der Waals surface area contributed by atoms with E-state index in [1.807, 2.05) is 24.3 Å². The van der Waals surface area contributed by atoms with E-state index in [2.05, 4.69) is 20.8 Å². The van der Waals surface area contributed by atoms with E-state index in [-0.39, 0.29) is 5.91 Å². The zero-order valence-electron chi connectivity index (χ0n) is 11.5. The second kappa shape index (κ2) is 6.36. The summed E-state index contributed by atoms with van der Waals surface area (Å²) in [6.45, 7) is 0. The Labute approximate surface area is 131 Å². The predicted octanol–water partition coefficient (Wildman–Crippen LogP) is 2.50. The fourth-order valence-corrected chi connectivity index (χ4v) is 2.10. The van der Waals surface area contributed by atoms with Crippen LogP contribution in [0.5, 0.6) is 0 Å². The van der Waals surface area contributed by atoms with Crippen molar-refractivity contribution in [1.82, 2.24) is 20.2 Å². The van der Waals surface area contributed by atoms with E-state index in [1.165, 1.54) is 6.33 Å². The van der Waals surface area contributed by atoms with Gasteiger partial charge in [0.05, 0.1) is 12.1 Å². The van der Waals surface area contributed by atoms with Gasteiger partial charge in [0.2, 0.25) is 5.91 Å². The molecular formula is C15H12ClN5O. The topological polar surface area (TPSA) is 72.7 Å². The van der Waals surface area contributed by atoms with Gasteiger partial charge in [-0.25, -0.2) is 4.68 Å². The van der Waals surface area contributed by atoms with Crippen LogP contribution in [0.15, 0.2) is 54.9 Å². The molecule has 0 spiro atoms. The molecule has 110 valence electrons. The molecule has 0 atom stereocenters. The Bertz CT molecular complexity index is 754. The molecule has 1 amide bonds. The van der Waals surface area contributed by atoms with E-state index in [0.717, 1.165) is 16.9 Å². The zero-order valence-corrected chi connectivity index (χ0v) is 12.2. The minimum absolute atomic E-state index is 0.0857. The third kappa shape index (κ3) is 3.48. The van der Waals surface area contributed by atoms with Crippen molar-refractivity contribution < 1.29 is 4.79 Å². The number of halogens is 1. The maximum Gasteiger partial charge on any atom is 0.228 e. The molecule has 3 aromatic rings. The number of aromatic nitrogens is 4. The Balaban J connectivity index is 1.63. The SMILES string of the molecule is O=C(Cc1ccc(Cl)cc1)Nc1ccc(-n2cnnn2)cc1. The number of hydrogen-bond acceptors (Lipinski definition) is 4. The van der Waals surface area contributed by atoms with E-state index in [9.17, 15) is 4.79 Å². The van der Waals surface area contributed by atoms with E-state index in [0.29, 0.717) is 11.4 Å². The minimum atomic E-state index is -0.0857. The van der Waals surface area contributed by atoms with Gasteiger partial charge < -0.3 is 5.32 Å². The summed E-state index contributed by atoms with van der Waals surface area (Å²) in [6, 6.07) is 14.5. The molecule has 0 bridgehead atoms. The van der Waals surface area contributed by atoms with Gasteiger partial charge in [0, 0.05) is 10.7 Å². The Morgan fingerprint density at radius 2 is 1.82 bits per heavy atom. The number of nitrogens with one attached hydrogen (secondary N) is 1. The van der Waals surface area contributed by atoms with Gasteiger partial charge in [-0.1, -0.05) is 23.7 Å². The lowest BCUT2D eigenvalue weighted by Gasteiger charge is -2.06. The molecule has 0 saturated heterocycles. The lowest BCUT2D eigenvalue weighted by atomic mass is 10.1. The first-order valence-corrected chi connectivity index (χ1v) is 6.96. The van der Waals surface area contributed by atoms with Crippen LogP contribution in [0.3, 0.4) is 0 Å². The fraction of sp³-hybridized carbons (Fsp3) is 0.0667. The standard InChI is InChI=1S/C15H12ClN5O/c16-12-3-1-11(2-4-12)9-15(22)18-13-5-7-14(8-6-13)21-10-17-19-20-21/h1-8,10H,9H2,(H,18,22). The number of hydrogen-bond donors (Lipinski definition) is 1. The number of benzene rings is 2. The molecule has 7 heteroatoms. The number of amides is 1. The van der Waals surface area contributed by atoms with Crippen molar-refractivity contribution >= 4 is 23.2 Å². The first kappa shape index (κ1) is 14.2. The molecule has 1 heterocycles. The average molecular weight is 314 g/mol. The maximum absolute atomic E-state index is 12.0. The summed E-state index contributed by atoms with van der Waals surface area (Å²) in [5.41, 5.74) is 2.45. The molecule has 1 N–H and O–H groups in total. The fourth-order valence-electron chi connectivity index (χ4n) is 1.97. The van der Waals surface area contributed by atoms with Gasteiger partial charge in [-0.05, 0) is 52.4 Å². The summed E-state index contributed by atoms with van der Waals surface area (Å²) >= 11 is 5.82. The minimum Gasteiger partial charge on any atom is -0.326 e. The van der Waals surface area contributed by atoms with Gasteiger partial charge in [-0.3, -0.25) is 4.79 Å². The first-order chi connectivity index (χ1) is 10.7. The smallest absolute Gasteiger partial charge is 0.228 e. The van der Waals surface area contributed by atoms with Crippen LogP contribution in [0.2, 0.25) is 5.02 Å². The molecule has 0 aliphatic rings. The molecule has 2 aromatic carbocycles. The molecule has 0 aliphatic heterocycles. The zero-order chi connectivity index (χ0) is 15.4. The molecule has 0 unspecified atom stereocenters. The molecule has 22 heavy (non-hydrogen) atoms. The molecule has 0 fully saturated rings. The van der Waals surface area contributed by atoms with Crippen LogP contribution in [-0.2, 0) is 11.2 Å². The summed E-state index contributed by atoms with van der Waals surface area (Å²) in [7, 11) is 0. The summed E-state index contributed by atoms with van der Waals surface area (Å²) < 4.78 is 1.54. The maximum atomic E-state index is 12.0. The number of anilines is 1. The molecule has 1 aromatic heterocycles. The highest BCUT2D eigenvalue weighted by molar-refractivity contribution is 6.30. The van der Waals surface area contributed by atoms with Crippen molar-refractivity contribution in [2.75, 3.05) is 5.32 Å². The first-order valence-electron chi connectivity index (χ1n) is 6.58. The Kier molecular flexibility index (Phi) is 4.11. The van der Waals surface area contributed by atoms with Crippen LogP contribution >= 0.6 is 11.6 Å². The van der Waals surface area contributed by atoms with E-state index in [1.54, 1.807) is 28.9 Å². The van der Waals surface area contributed by atoms with Crippen molar-refractivity contribution in [2.24, 2.45) is 0 Å². The van der Waals surface area contributed by atoms with E-state index >= 15 is 0 Å². The van der Waals surface area contributed by atoms with Gasteiger partial charge in [-0.15, -0.1) is 5.10 Å². The number of carbonyl (C=O) groups is 1. The van der Waals surface area contributed by atoms with Gasteiger partial charge in [0.25, 0.3) is 0 Å². The van der Waals surface area contributed by atoms with Crippen molar-refractivity contribution in [2.45, 2.75) is 6.42 Å². The molecule has 0 saturated carbocycles. The highest BCUT2D eigenvalue weighted by Gasteiger charge is 2.05. The second-order valence-electron chi connectivity index (χ2n) is 4.65.